The smallest absolute Gasteiger partial charge is 0.243 e. The molecule has 3 aromatic carbocycles. The number of ether oxygens (including phenoxy) is 1. The summed E-state index contributed by atoms with van der Waals surface area (Å²) >= 11 is 5.91. The molecule has 0 fully saturated rings. The van der Waals surface area contributed by atoms with Crippen LogP contribution < -0.4 is 10.1 Å². The summed E-state index contributed by atoms with van der Waals surface area (Å²) < 4.78 is 19.2. The molecule has 0 unspecified atom stereocenters. The predicted molar refractivity (Wildman–Crippen MR) is 140 cm³/mol. The third-order valence-electron chi connectivity index (χ3n) is 5.59. The molecule has 0 heterocycles. The van der Waals surface area contributed by atoms with E-state index < -0.39 is 6.04 Å². The summed E-state index contributed by atoms with van der Waals surface area (Å²) in [6.07, 6.45) is 1.05. The first-order valence-corrected chi connectivity index (χ1v) is 12.5. The Labute approximate surface area is 217 Å². The van der Waals surface area contributed by atoms with Crippen LogP contribution >= 0.6 is 11.6 Å². The molecule has 0 radical (unpaired) electrons. The molecule has 0 saturated carbocycles. The van der Waals surface area contributed by atoms with Gasteiger partial charge in [-0.2, -0.15) is 0 Å². The van der Waals surface area contributed by atoms with Crippen molar-refractivity contribution in [2.24, 2.45) is 0 Å². The van der Waals surface area contributed by atoms with Gasteiger partial charge in [-0.3, -0.25) is 9.59 Å². The molecule has 0 aliphatic rings. The lowest BCUT2D eigenvalue weighted by atomic mass is 10.0. The highest BCUT2D eigenvalue weighted by Crippen LogP contribution is 2.18. The van der Waals surface area contributed by atoms with E-state index in [1.54, 1.807) is 41.3 Å². The zero-order chi connectivity index (χ0) is 25.9. The summed E-state index contributed by atoms with van der Waals surface area (Å²) in [7, 11) is 0. The zero-order valence-corrected chi connectivity index (χ0v) is 21.4. The van der Waals surface area contributed by atoms with Crippen LogP contribution in [0.15, 0.2) is 78.9 Å². The lowest BCUT2D eigenvalue weighted by Crippen LogP contribution is -2.51. The molecule has 1 N–H and O–H groups in total. The molecular formula is C29H32ClFN2O3. The SMILES string of the molecule is CC(C)NC(=O)[C@@H](Cc1ccccc1)N(Cc1ccc(F)cc1)C(=O)CCCOc1ccc(Cl)cc1. The van der Waals surface area contributed by atoms with E-state index >= 15 is 0 Å². The second-order valence-corrected chi connectivity index (χ2v) is 9.36. The van der Waals surface area contributed by atoms with Gasteiger partial charge in [0.15, 0.2) is 0 Å². The number of hydrogen-bond acceptors (Lipinski definition) is 3. The Morgan fingerprint density at radius 2 is 1.61 bits per heavy atom. The predicted octanol–water partition coefficient (Wildman–Crippen LogP) is 5.80. The normalized spacial score (nSPS) is 11.7. The Balaban J connectivity index is 1.77. The molecule has 0 saturated heterocycles. The third-order valence-corrected chi connectivity index (χ3v) is 5.84. The van der Waals surface area contributed by atoms with E-state index in [1.807, 2.05) is 44.2 Å². The number of hydrogen-bond donors (Lipinski definition) is 1. The molecule has 0 bridgehead atoms. The van der Waals surface area contributed by atoms with Crippen LogP contribution in [0.4, 0.5) is 4.39 Å². The highest BCUT2D eigenvalue weighted by atomic mass is 35.5. The van der Waals surface area contributed by atoms with Gasteiger partial charge in [0.05, 0.1) is 6.61 Å². The van der Waals surface area contributed by atoms with Crippen molar-refractivity contribution in [1.82, 2.24) is 10.2 Å². The van der Waals surface area contributed by atoms with E-state index in [1.165, 1.54) is 12.1 Å². The average molecular weight is 511 g/mol. The molecular weight excluding hydrogens is 479 g/mol. The van der Waals surface area contributed by atoms with E-state index in [2.05, 4.69) is 5.32 Å². The first kappa shape index (κ1) is 27.2. The van der Waals surface area contributed by atoms with Gasteiger partial charge in [0.2, 0.25) is 11.8 Å². The lowest BCUT2D eigenvalue weighted by Gasteiger charge is -2.32. The highest BCUT2D eigenvalue weighted by molar-refractivity contribution is 6.30. The van der Waals surface area contributed by atoms with E-state index in [4.69, 9.17) is 16.3 Å². The summed E-state index contributed by atoms with van der Waals surface area (Å²) in [5, 5.41) is 3.58. The molecule has 190 valence electrons. The van der Waals surface area contributed by atoms with Crippen LogP contribution in [0.2, 0.25) is 5.02 Å². The maximum absolute atomic E-state index is 13.5. The van der Waals surface area contributed by atoms with E-state index in [0.29, 0.717) is 30.2 Å². The van der Waals surface area contributed by atoms with Crippen molar-refractivity contribution in [2.45, 2.75) is 51.7 Å². The van der Waals surface area contributed by atoms with Crippen molar-refractivity contribution in [3.05, 3.63) is 101 Å². The molecule has 0 aliphatic carbocycles. The number of carbonyl (C=O) groups is 2. The van der Waals surface area contributed by atoms with Crippen LogP contribution in [0, 0.1) is 5.82 Å². The molecule has 2 amide bonds. The van der Waals surface area contributed by atoms with Gasteiger partial charge in [0.25, 0.3) is 0 Å². The van der Waals surface area contributed by atoms with E-state index in [9.17, 15) is 14.0 Å². The third kappa shape index (κ3) is 8.68. The maximum Gasteiger partial charge on any atom is 0.243 e. The van der Waals surface area contributed by atoms with Crippen molar-refractivity contribution in [3.8, 4) is 5.75 Å². The first-order valence-electron chi connectivity index (χ1n) is 12.1. The summed E-state index contributed by atoms with van der Waals surface area (Å²) in [5.74, 6) is -0.0664. The second kappa shape index (κ2) is 13.6. The Hall–Kier alpha value is -3.38. The van der Waals surface area contributed by atoms with Crippen molar-refractivity contribution >= 4 is 23.4 Å². The zero-order valence-electron chi connectivity index (χ0n) is 20.6. The standard InChI is InChI=1S/C29H32ClFN2O3/c1-21(2)32-29(35)27(19-22-7-4-3-5-8-22)33(20-23-10-14-25(31)15-11-23)28(34)9-6-18-36-26-16-12-24(30)13-17-26/h3-5,7-8,10-17,21,27H,6,9,18-20H2,1-2H3,(H,32,35)/t27-/m1/s1. The lowest BCUT2D eigenvalue weighted by molar-refractivity contribution is -0.141. The Morgan fingerprint density at radius 1 is 0.944 bits per heavy atom. The molecule has 0 aromatic heterocycles. The number of rotatable bonds is 12. The minimum Gasteiger partial charge on any atom is -0.494 e. The van der Waals surface area contributed by atoms with Gasteiger partial charge in [-0.15, -0.1) is 0 Å². The number of nitrogens with one attached hydrogen (secondary N) is 1. The molecule has 0 spiro atoms. The van der Waals surface area contributed by atoms with Crippen molar-refractivity contribution in [3.63, 3.8) is 0 Å². The maximum atomic E-state index is 13.5. The Morgan fingerprint density at radius 3 is 2.25 bits per heavy atom. The first-order chi connectivity index (χ1) is 17.3. The molecule has 36 heavy (non-hydrogen) atoms. The number of benzene rings is 3. The fourth-order valence-corrected chi connectivity index (χ4v) is 3.94. The summed E-state index contributed by atoms with van der Waals surface area (Å²) in [6.45, 7) is 4.31. The van der Waals surface area contributed by atoms with Crippen molar-refractivity contribution < 1.29 is 18.7 Å². The van der Waals surface area contributed by atoms with Crippen LogP contribution in [0.1, 0.15) is 37.8 Å². The van der Waals surface area contributed by atoms with Crippen LogP contribution in [-0.4, -0.2) is 35.4 Å². The topological polar surface area (TPSA) is 58.6 Å². The summed E-state index contributed by atoms with van der Waals surface area (Å²) in [4.78, 5) is 28.4. The Kier molecular flexibility index (Phi) is 10.3. The van der Waals surface area contributed by atoms with Crippen LogP contribution in [0.25, 0.3) is 0 Å². The van der Waals surface area contributed by atoms with E-state index in [-0.39, 0.29) is 36.6 Å². The highest BCUT2D eigenvalue weighted by Gasteiger charge is 2.30. The van der Waals surface area contributed by atoms with Gasteiger partial charge in [0, 0.05) is 30.5 Å². The fraction of sp³-hybridized carbons (Fsp3) is 0.310. The van der Waals surface area contributed by atoms with E-state index in [0.717, 1.165) is 11.1 Å². The second-order valence-electron chi connectivity index (χ2n) is 8.92. The van der Waals surface area contributed by atoms with Gasteiger partial charge in [-0.05, 0) is 67.8 Å². The molecule has 0 aliphatic heterocycles. The molecule has 7 heteroatoms. The average Bonchev–Trinajstić information content (AvgIpc) is 2.86. The quantitative estimate of drug-likeness (QED) is 0.313. The molecule has 1 atom stereocenters. The number of amides is 2. The van der Waals surface area contributed by atoms with Crippen LogP contribution in [0.3, 0.4) is 0 Å². The van der Waals surface area contributed by atoms with Gasteiger partial charge in [-0.25, -0.2) is 4.39 Å². The van der Waals surface area contributed by atoms with Gasteiger partial charge in [-0.1, -0.05) is 54.1 Å². The van der Waals surface area contributed by atoms with Crippen molar-refractivity contribution in [2.75, 3.05) is 6.61 Å². The van der Waals surface area contributed by atoms with Gasteiger partial charge >= 0.3 is 0 Å². The number of halogens is 2. The van der Waals surface area contributed by atoms with Crippen LogP contribution in [0.5, 0.6) is 5.75 Å². The fourth-order valence-electron chi connectivity index (χ4n) is 3.81. The van der Waals surface area contributed by atoms with Crippen molar-refractivity contribution in [1.29, 1.82) is 0 Å². The van der Waals surface area contributed by atoms with Crippen LogP contribution in [-0.2, 0) is 22.6 Å². The van der Waals surface area contributed by atoms with Gasteiger partial charge < -0.3 is 15.0 Å². The molecule has 3 rings (SSSR count). The minimum absolute atomic E-state index is 0.0775. The summed E-state index contributed by atoms with van der Waals surface area (Å²) in [6, 6.07) is 21.8. The van der Waals surface area contributed by atoms with Gasteiger partial charge in [0.1, 0.15) is 17.6 Å². The summed E-state index contributed by atoms with van der Waals surface area (Å²) in [5.41, 5.74) is 1.70. The minimum atomic E-state index is -0.718. The molecule has 5 nitrogen and oxygen atoms in total. The number of carbonyl (C=O) groups excluding carboxylic acids is 2. The Bertz CT molecular complexity index is 1110. The largest absolute Gasteiger partial charge is 0.494 e. The molecule has 3 aromatic rings. The number of nitrogens with zero attached hydrogens (tertiary/aromatic N) is 1. The monoisotopic (exact) mass is 510 g/mol.